The summed E-state index contributed by atoms with van der Waals surface area (Å²) < 4.78 is 11.3. The number of fused-ring (bicyclic) bond motifs is 1. The molecule has 0 spiro atoms. The number of aliphatic hydroxyl groups is 1. The molecule has 158 valence electrons. The second kappa shape index (κ2) is 9.50. The number of pyridine rings is 1. The summed E-state index contributed by atoms with van der Waals surface area (Å²) in [5.74, 6) is 2.40. The fraction of sp³-hybridized carbons (Fsp3) is 0.190. The van der Waals surface area contributed by atoms with E-state index in [0.717, 1.165) is 16.6 Å². The molecule has 0 unspecified atom stereocenters. The summed E-state index contributed by atoms with van der Waals surface area (Å²) in [5, 5.41) is 13.0. The van der Waals surface area contributed by atoms with Crippen LogP contribution >= 0.6 is 11.6 Å². The molecule has 0 atom stereocenters. The van der Waals surface area contributed by atoms with Gasteiger partial charge < -0.3 is 19.9 Å². The smallest absolute Gasteiger partial charge is 0.238 e. The predicted octanol–water partition coefficient (Wildman–Crippen LogP) is 4.07. The van der Waals surface area contributed by atoms with Gasteiger partial charge in [0.25, 0.3) is 0 Å². The Hall–Kier alpha value is -3.56. The van der Waals surface area contributed by atoms with Gasteiger partial charge in [0.05, 0.1) is 36.4 Å². The van der Waals surface area contributed by atoms with E-state index in [1.807, 2.05) is 13.0 Å². The first-order valence-electron chi connectivity index (χ1n) is 9.50. The van der Waals surface area contributed by atoms with Crippen molar-refractivity contribution in [3.8, 4) is 17.4 Å². The molecule has 2 N–H and O–H groups in total. The van der Waals surface area contributed by atoms with Crippen molar-refractivity contribution in [3.05, 3.63) is 59.9 Å². The average Bonchev–Trinajstić information content (AvgIpc) is 2.78. The minimum atomic E-state index is 0.0569. The van der Waals surface area contributed by atoms with Crippen LogP contribution in [0.1, 0.15) is 12.1 Å². The number of rotatable bonds is 8. The van der Waals surface area contributed by atoms with Crippen molar-refractivity contribution in [3.63, 3.8) is 0 Å². The zero-order chi connectivity index (χ0) is 21.6. The Morgan fingerprint density at radius 3 is 2.68 bits per heavy atom. The minimum Gasteiger partial charge on any atom is -0.492 e. The topological polar surface area (TPSA) is 115 Å². The summed E-state index contributed by atoms with van der Waals surface area (Å²) in [5.41, 5.74) is 1.56. The molecule has 4 rings (SSSR count). The minimum absolute atomic E-state index is 0.0569. The number of ether oxygens (including phenoxy) is 2. The maximum absolute atomic E-state index is 8.83. The molecule has 0 saturated carbocycles. The molecular formula is C21H19ClN6O3. The van der Waals surface area contributed by atoms with Crippen LogP contribution in [0.3, 0.4) is 0 Å². The van der Waals surface area contributed by atoms with E-state index < -0.39 is 0 Å². The fourth-order valence-electron chi connectivity index (χ4n) is 2.71. The number of benzene rings is 1. The first-order valence-corrected chi connectivity index (χ1v) is 9.87. The van der Waals surface area contributed by atoms with E-state index in [2.05, 4.69) is 30.2 Å². The van der Waals surface area contributed by atoms with Crippen molar-refractivity contribution >= 4 is 34.1 Å². The highest BCUT2D eigenvalue weighted by atomic mass is 35.5. The molecule has 31 heavy (non-hydrogen) atoms. The second-order valence-electron chi connectivity index (χ2n) is 6.55. The Labute approximate surface area is 183 Å². The monoisotopic (exact) mass is 438 g/mol. The molecule has 0 radical (unpaired) electrons. The van der Waals surface area contributed by atoms with Crippen LogP contribution in [-0.4, -0.2) is 43.2 Å². The number of aryl methyl sites for hydroxylation is 1. The van der Waals surface area contributed by atoms with Gasteiger partial charge in [-0.15, -0.1) is 0 Å². The van der Waals surface area contributed by atoms with E-state index in [4.69, 9.17) is 26.2 Å². The van der Waals surface area contributed by atoms with E-state index in [9.17, 15) is 0 Å². The molecule has 0 bridgehead atoms. The van der Waals surface area contributed by atoms with Gasteiger partial charge >= 0.3 is 0 Å². The van der Waals surface area contributed by atoms with Gasteiger partial charge in [0.1, 0.15) is 34.5 Å². The largest absolute Gasteiger partial charge is 0.492 e. The number of nitrogens with one attached hydrogen (secondary N) is 1. The van der Waals surface area contributed by atoms with E-state index in [-0.39, 0.29) is 12.5 Å². The lowest BCUT2D eigenvalue weighted by atomic mass is 10.2. The molecule has 3 heterocycles. The third-order valence-electron chi connectivity index (χ3n) is 4.20. The molecule has 0 aliphatic rings. The summed E-state index contributed by atoms with van der Waals surface area (Å²) in [4.78, 5) is 21.4. The average molecular weight is 439 g/mol. The van der Waals surface area contributed by atoms with Gasteiger partial charge in [0, 0.05) is 24.5 Å². The van der Waals surface area contributed by atoms with Crippen LogP contribution < -0.4 is 14.8 Å². The third-order valence-corrected chi connectivity index (χ3v) is 4.47. The molecule has 0 fully saturated rings. The fourth-order valence-corrected chi connectivity index (χ4v) is 2.90. The van der Waals surface area contributed by atoms with Gasteiger partial charge in [-0.2, -0.15) is 0 Å². The highest BCUT2D eigenvalue weighted by Crippen LogP contribution is 2.32. The Bertz CT molecular complexity index is 1190. The summed E-state index contributed by atoms with van der Waals surface area (Å²) in [6, 6.07) is 7.00. The van der Waals surface area contributed by atoms with Gasteiger partial charge in [-0.1, -0.05) is 11.6 Å². The maximum Gasteiger partial charge on any atom is 0.238 e. The molecule has 4 aromatic rings. The molecule has 0 saturated heterocycles. The van der Waals surface area contributed by atoms with E-state index in [1.54, 1.807) is 30.6 Å². The van der Waals surface area contributed by atoms with Crippen molar-refractivity contribution in [1.82, 2.24) is 24.9 Å². The Kier molecular flexibility index (Phi) is 6.34. The molecule has 0 aliphatic heterocycles. The SMILES string of the molecule is Cc1cnc(Nc2ncnc3ccc(Oc4ncc(OCCCO)cc4Cl)cc23)cn1. The van der Waals surface area contributed by atoms with Gasteiger partial charge in [-0.25, -0.2) is 19.9 Å². The molecular weight excluding hydrogens is 420 g/mol. The number of nitrogens with zero attached hydrogens (tertiary/aromatic N) is 5. The predicted molar refractivity (Wildman–Crippen MR) is 116 cm³/mol. The highest BCUT2D eigenvalue weighted by Gasteiger charge is 2.11. The van der Waals surface area contributed by atoms with E-state index in [1.165, 1.54) is 12.5 Å². The summed E-state index contributed by atoms with van der Waals surface area (Å²) >= 11 is 6.29. The van der Waals surface area contributed by atoms with Gasteiger partial charge in [-0.3, -0.25) is 4.98 Å². The van der Waals surface area contributed by atoms with Crippen molar-refractivity contribution in [1.29, 1.82) is 0 Å². The zero-order valence-corrected chi connectivity index (χ0v) is 17.4. The van der Waals surface area contributed by atoms with Crippen LogP contribution in [0.2, 0.25) is 5.02 Å². The molecule has 0 amide bonds. The summed E-state index contributed by atoms with van der Waals surface area (Å²) in [7, 11) is 0. The number of hydrogen-bond donors (Lipinski definition) is 2. The van der Waals surface area contributed by atoms with Crippen LogP contribution in [0.15, 0.2) is 49.2 Å². The number of halogens is 1. The van der Waals surface area contributed by atoms with Crippen molar-refractivity contribution in [2.24, 2.45) is 0 Å². The molecule has 1 aromatic carbocycles. The summed E-state index contributed by atoms with van der Waals surface area (Å²) in [6.45, 7) is 2.30. The van der Waals surface area contributed by atoms with E-state index >= 15 is 0 Å². The van der Waals surface area contributed by atoms with Crippen LogP contribution in [0.4, 0.5) is 11.6 Å². The lowest BCUT2D eigenvalue weighted by Gasteiger charge is -2.11. The van der Waals surface area contributed by atoms with E-state index in [0.29, 0.717) is 41.2 Å². The van der Waals surface area contributed by atoms with Crippen LogP contribution in [0.5, 0.6) is 17.4 Å². The molecule has 9 nitrogen and oxygen atoms in total. The van der Waals surface area contributed by atoms with Crippen molar-refractivity contribution in [2.45, 2.75) is 13.3 Å². The van der Waals surface area contributed by atoms with Crippen LogP contribution in [-0.2, 0) is 0 Å². The Morgan fingerprint density at radius 2 is 1.90 bits per heavy atom. The highest BCUT2D eigenvalue weighted by molar-refractivity contribution is 6.32. The van der Waals surface area contributed by atoms with Crippen molar-refractivity contribution < 1.29 is 14.6 Å². The summed E-state index contributed by atoms with van der Waals surface area (Å²) in [6.07, 6.45) is 6.83. The second-order valence-corrected chi connectivity index (χ2v) is 6.96. The molecule has 0 aliphatic carbocycles. The van der Waals surface area contributed by atoms with Crippen molar-refractivity contribution in [2.75, 3.05) is 18.5 Å². The standard InChI is InChI=1S/C21H19ClN6O3/c1-13-9-24-19(11-23-13)28-20-16-7-14(3-4-18(16)26-12-27-20)31-21-17(22)8-15(10-25-21)30-6-2-5-29/h3-4,7-12,29H,2,5-6H2,1H3,(H,24,26,27,28). The first kappa shape index (κ1) is 20.7. The van der Waals surface area contributed by atoms with Gasteiger partial charge in [0.15, 0.2) is 0 Å². The third kappa shape index (κ3) is 5.14. The Balaban J connectivity index is 1.57. The number of anilines is 2. The number of aromatic nitrogens is 5. The molecule has 3 aromatic heterocycles. The number of aliphatic hydroxyl groups excluding tert-OH is 1. The Morgan fingerprint density at radius 1 is 1.00 bits per heavy atom. The zero-order valence-electron chi connectivity index (χ0n) is 16.6. The lowest BCUT2D eigenvalue weighted by Crippen LogP contribution is -2.00. The van der Waals surface area contributed by atoms with Gasteiger partial charge in [0.2, 0.25) is 5.88 Å². The van der Waals surface area contributed by atoms with Crippen LogP contribution in [0.25, 0.3) is 10.9 Å². The first-order chi connectivity index (χ1) is 15.1. The van der Waals surface area contributed by atoms with Crippen LogP contribution in [0, 0.1) is 6.92 Å². The molecule has 10 heteroatoms. The van der Waals surface area contributed by atoms with Gasteiger partial charge in [-0.05, 0) is 25.1 Å². The normalized spacial score (nSPS) is 10.8. The number of hydrogen-bond acceptors (Lipinski definition) is 9. The lowest BCUT2D eigenvalue weighted by molar-refractivity contribution is 0.233. The maximum atomic E-state index is 8.83. The quantitative estimate of drug-likeness (QED) is 0.392.